The number of rotatable bonds is 5. The number of esters is 1. The lowest BCUT2D eigenvalue weighted by Crippen LogP contribution is -2.43. The third kappa shape index (κ3) is 4.29. The summed E-state index contributed by atoms with van der Waals surface area (Å²) >= 11 is 0. The molecule has 3 atom stereocenters. The van der Waals surface area contributed by atoms with Gasteiger partial charge in [-0.05, 0) is 32.8 Å². The number of hydrogen-bond acceptors (Lipinski definition) is 4. The highest BCUT2D eigenvalue weighted by molar-refractivity contribution is 5.78. The van der Waals surface area contributed by atoms with Crippen LogP contribution in [0, 0.1) is 5.92 Å². The zero-order valence-electron chi connectivity index (χ0n) is 14.1. The molecule has 0 unspecified atom stereocenters. The molecular weight excluding hydrogens is 290 g/mol. The molecular formula is C19H25NO3. The SMILES string of the molecule is C=C[C@H]1[C@H](C=O)C[C@H](C(=O)OC(C)(C)C)N1Cc1ccccc1. The maximum absolute atomic E-state index is 12.6. The zero-order chi connectivity index (χ0) is 17.0. The molecule has 0 aliphatic carbocycles. The van der Waals surface area contributed by atoms with Crippen LogP contribution in [0.4, 0.5) is 0 Å². The lowest BCUT2D eigenvalue weighted by Gasteiger charge is -2.30. The van der Waals surface area contributed by atoms with Crippen molar-refractivity contribution in [2.24, 2.45) is 5.92 Å². The molecule has 1 fully saturated rings. The molecule has 0 spiro atoms. The summed E-state index contributed by atoms with van der Waals surface area (Å²) in [6, 6.07) is 9.35. The minimum atomic E-state index is -0.543. The van der Waals surface area contributed by atoms with Crippen molar-refractivity contribution in [1.82, 2.24) is 4.90 Å². The summed E-state index contributed by atoms with van der Waals surface area (Å²) in [6.45, 7) is 9.99. The van der Waals surface area contributed by atoms with Gasteiger partial charge in [-0.15, -0.1) is 6.58 Å². The van der Waals surface area contributed by atoms with Crippen LogP contribution in [-0.4, -0.2) is 34.8 Å². The molecule has 0 aromatic heterocycles. The first-order chi connectivity index (χ1) is 10.9. The van der Waals surface area contributed by atoms with Crippen molar-refractivity contribution < 1.29 is 14.3 Å². The van der Waals surface area contributed by atoms with Crippen LogP contribution in [0.1, 0.15) is 32.8 Å². The second-order valence-electron chi connectivity index (χ2n) is 6.97. The summed E-state index contributed by atoms with van der Waals surface area (Å²) in [7, 11) is 0. The Balaban J connectivity index is 2.25. The fourth-order valence-electron chi connectivity index (χ4n) is 3.04. The second-order valence-corrected chi connectivity index (χ2v) is 6.97. The Hall–Kier alpha value is -1.94. The van der Waals surface area contributed by atoms with E-state index in [9.17, 15) is 9.59 Å². The van der Waals surface area contributed by atoms with E-state index in [1.54, 1.807) is 6.08 Å². The Morgan fingerprint density at radius 3 is 2.52 bits per heavy atom. The van der Waals surface area contributed by atoms with Gasteiger partial charge in [-0.3, -0.25) is 9.69 Å². The van der Waals surface area contributed by atoms with E-state index in [1.165, 1.54) is 0 Å². The largest absolute Gasteiger partial charge is 0.459 e. The topological polar surface area (TPSA) is 46.6 Å². The normalized spacial score (nSPS) is 25.1. The number of likely N-dealkylation sites (tertiary alicyclic amines) is 1. The Morgan fingerprint density at radius 1 is 1.35 bits per heavy atom. The van der Waals surface area contributed by atoms with E-state index in [1.807, 2.05) is 56.0 Å². The predicted octanol–water partition coefficient (Wildman–Crippen LogP) is 2.97. The highest BCUT2D eigenvalue weighted by Gasteiger charge is 2.44. The summed E-state index contributed by atoms with van der Waals surface area (Å²) in [5.41, 5.74) is 0.554. The molecule has 1 aromatic carbocycles. The van der Waals surface area contributed by atoms with Gasteiger partial charge in [0.05, 0.1) is 0 Å². The van der Waals surface area contributed by atoms with Gasteiger partial charge in [0.2, 0.25) is 0 Å². The Labute approximate surface area is 138 Å². The molecule has 0 N–H and O–H groups in total. The van der Waals surface area contributed by atoms with Crippen LogP contribution in [0.2, 0.25) is 0 Å². The number of hydrogen-bond donors (Lipinski definition) is 0. The lowest BCUT2D eigenvalue weighted by molar-refractivity contribution is -0.160. The van der Waals surface area contributed by atoms with E-state index < -0.39 is 11.6 Å². The molecule has 0 bridgehead atoms. The van der Waals surface area contributed by atoms with Crippen LogP contribution in [0.5, 0.6) is 0 Å². The van der Waals surface area contributed by atoms with Crippen LogP contribution < -0.4 is 0 Å². The first-order valence-electron chi connectivity index (χ1n) is 7.96. The van der Waals surface area contributed by atoms with Crippen molar-refractivity contribution >= 4 is 12.3 Å². The summed E-state index contributed by atoms with van der Waals surface area (Å²) < 4.78 is 5.54. The monoisotopic (exact) mass is 315 g/mol. The number of ether oxygens (including phenoxy) is 1. The molecule has 1 heterocycles. The Bertz CT molecular complexity index is 562. The number of aldehydes is 1. The summed E-state index contributed by atoms with van der Waals surface area (Å²) in [4.78, 5) is 26.0. The van der Waals surface area contributed by atoms with Gasteiger partial charge in [0.15, 0.2) is 0 Å². The molecule has 2 rings (SSSR count). The number of carbonyl (C=O) groups excluding carboxylic acids is 2. The van der Waals surface area contributed by atoms with Crippen molar-refractivity contribution in [3.8, 4) is 0 Å². The van der Waals surface area contributed by atoms with E-state index in [4.69, 9.17) is 4.74 Å². The van der Waals surface area contributed by atoms with E-state index in [2.05, 4.69) is 6.58 Å². The first kappa shape index (κ1) is 17.4. The average molecular weight is 315 g/mol. The Morgan fingerprint density at radius 2 is 2.00 bits per heavy atom. The van der Waals surface area contributed by atoms with Crippen LogP contribution >= 0.6 is 0 Å². The van der Waals surface area contributed by atoms with Gasteiger partial charge in [-0.1, -0.05) is 36.4 Å². The molecule has 23 heavy (non-hydrogen) atoms. The smallest absolute Gasteiger partial charge is 0.323 e. The molecule has 0 radical (unpaired) electrons. The first-order valence-corrected chi connectivity index (χ1v) is 7.96. The molecule has 1 aliphatic rings. The molecule has 4 nitrogen and oxygen atoms in total. The van der Waals surface area contributed by atoms with Gasteiger partial charge in [0.1, 0.15) is 17.9 Å². The van der Waals surface area contributed by atoms with E-state index in [0.29, 0.717) is 13.0 Å². The summed E-state index contributed by atoms with van der Waals surface area (Å²) in [5.74, 6) is -0.502. The van der Waals surface area contributed by atoms with Crippen molar-refractivity contribution in [2.45, 2.75) is 51.4 Å². The molecule has 124 valence electrons. The minimum absolute atomic E-state index is 0.148. The molecule has 1 saturated heterocycles. The van der Waals surface area contributed by atoms with Crippen LogP contribution in [0.25, 0.3) is 0 Å². The minimum Gasteiger partial charge on any atom is -0.459 e. The van der Waals surface area contributed by atoms with Crippen molar-refractivity contribution in [3.63, 3.8) is 0 Å². The maximum Gasteiger partial charge on any atom is 0.323 e. The van der Waals surface area contributed by atoms with Crippen LogP contribution in [0.15, 0.2) is 43.0 Å². The number of nitrogens with zero attached hydrogens (tertiary/aromatic N) is 1. The molecule has 0 amide bonds. The predicted molar refractivity (Wildman–Crippen MR) is 89.8 cm³/mol. The summed E-state index contributed by atoms with van der Waals surface area (Å²) in [6.07, 6.45) is 3.16. The lowest BCUT2D eigenvalue weighted by atomic mass is 10.0. The Kier molecular flexibility index (Phi) is 5.37. The van der Waals surface area contributed by atoms with Crippen LogP contribution in [0.3, 0.4) is 0 Å². The van der Waals surface area contributed by atoms with E-state index >= 15 is 0 Å². The van der Waals surface area contributed by atoms with Crippen molar-refractivity contribution in [3.05, 3.63) is 48.6 Å². The van der Waals surface area contributed by atoms with Gasteiger partial charge in [-0.2, -0.15) is 0 Å². The fourth-order valence-corrected chi connectivity index (χ4v) is 3.04. The standard InChI is InChI=1S/C19H25NO3/c1-5-16-15(13-21)11-17(18(22)23-19(2,3)4)20(16)12-14-9-7-6-8-10-14/h5-10,13,15-17H,1,11-12H2,2-4H3/t15-,16-,17+/m0/s1. The summed E-state index contributed by atoms with van der Waals surface area (Å²) in [5, 5.41) is 0. The maximum atomic E-state index is 12.6. The van der Waals surface area contributed by atoms with Gasteiger partial charge >= 0.3 is 5.97 Å². The van der Waals surface area contributed by atoms with Gasteiger partial charge in [-0.25, -0.2) is 0 Å². The molecule has 4 heteroatoms. The zero-order valence-corrected chi connectivity index (χ0v) is 14.1. The quantitative estimate of drug-likeness (QED) is 0.476. The fraction of sp³-hybridized carbons (Fsp3) is 0.474. The second kappa shape index (κ2) is 7.09. The number of benzene rings is 1. The third-order valence-electron chi connectivity index (χ3n) is 4.02. The van der Waals surface area contributed by atoms with E-state index in [-0.39, 0.29) is 17.9 Å². The van der Waals surface area contributed by atoms with Gasteiger partial charge < -0.3 is 9.53 Å². The van der Waals surface area contributed by atoms with Gasteiger partial charge in [0.25, 0.3) is 0 Å². The molecule has 0 saturated carbocycles. The highest BCUT2D eigenvalue weighted by atomic mass is 16.6. The van der Waals surface area contributed by atoms with Crippen LogP contribution in [-0.2, 0) is 20.9 Å². The van der Waals surface area contributed by atoms with E-state index in [0.717, 1.165) is 11.8 Å². The van der Waals surface area contributed by atoms with Crippen molar-refractivity contribution in [1.29, 1.82) is 0 Å². The highest BCUT2D eigenvalue weighted by Crippen LogP contribution is 2.32. The van der Waals surface area contributed by atoms with Crippen molar-refractivity contribution in [2.75, 3.05) is 0 Å². The third-order valence-corrected chi connectivity index (χ3v) is 4.02. The average Bonchev–Trinajstić information content (AvgIpc) is 2.84. The van der Waals surface area contributed by atoms with Gasteiger partial charge in [0, 0.05) is 18.5 Å². The number of carbonyl (C=O) groups is 2. The molecule has 1 aromatic rings. The molecule has 1 aliphatic heterocycles.